The van der Waals surface area contributed by atoms with E-state index < -0.39 is 0 Å². The molecule has 0 atom stereocenters. The maximum Gasteiger partial charge on any atom is 0.0453 e. The van der Waals surface area contributed by atoms with Gasteiger partial charge in [0.25, 0.3) is 0 Å². The molecule has 13 heavy (non-hydrogen) atoms. The van der Waals surface area contributed by atoms with Gasteiger partial charge in [-0.25, -0.2) is 0 Å². The molecule has 70 valence electrons. The minimum absolute atomic E-state index is 0.923. The number of rotatable bonds is 0. The first kappa shape index (κ1) is 9.04. The Morgan fingerprint density at radius 2 is 2.08 bits per heavy atom. The lowest BCUT2D eigenvalue weighted by Gasteiger charge is -2.27. The molecule has 1 heterocycles. The van der Waals surface area contributed by atoms with Crippen LogP contribution < -0.4 is 0 Å². The first-order valence-electron chi connectivity index (χ1n) is 4.64. The van der Waals surface area contributed by atoms with E-state index in [-0.39, 0.29) is 0 Å². The van der Waals surface area contributed by atoms with Crippen LogP contribution in [-0.2, 0) is 13.0 Å². The van der Waals surface area contributed by atoms with Crippen LogP contribution in [0.3, 0.4) is 0 Å². The van der Waals surface area contributed by atoms with Crippen molar-refractivity contribution in [2.45, 2.75) is 19.9 Å². The zero-order valence-corrected chi connectivity index (χ0v) is 8.86. The van der Waals surface area contributed by atoms with Crippen molar-refractivity contribution in [1.29, 1.82) is 0 Å². The van der Waals surface area contributed by atoms with Crippen molar-refractivity contribution in [3.05, 3.63) is 33.8 Å². The van der Waals surface area contributed by atoms with Crippen LogP contribution in [0.1, 0.15) is 16.7 Å². The molecule has 0 unspecified atom stereocenters. The normalized spacial score (nSPS) is 17.2. The third-order valence-corrected chi connectivity index (χ3v) is 3.13. The summed E-state index contributed by atoms with van der Waals surface area (Å²) in [6.07, 6.45) is 1.14. The van der Waals surface area contributed by atoms with Gasteiger partial charge in [-0.2, -0.15) is 0 Å². The van der Waals surface area contributed by atoms with Crippen LogP contribution in [0.5, 0.6) is 0 Å². The first-order chi connectivity index (χ1) is 6.18. The summed E-state index contributed by atoms with van der Waals surface area (Å²) in [5.41, 5.74) is 4.17. The molecule has 0 aromatic heterocycles. The van der Waals surface area contributed by atoms with Crippen LogP contribution in [0.15, 0.2) is 12.1 Å². The molecule has 1 aliphatic heterocycles. The molecule has 0 amide bonds. The zero-order chi connectivity index (χ0) is 9.42. The molecule has 0 N–H and O–H groups in total. The molecule has 2 heteroatoms. The van der Waals surface area contributed by atoms with Crippen LogP contribution in [-0.4, -0.2) is 18.5 Å². The van der Waals surface area contributed by atoms with E-state index in [2.05, 4.69) is 24.9 Å². The molecule has 2 rings (SSSR count). The second kappa shape index (κ2) is 3.32. The van der Waals surface area contributed by atoms with Crippen molar-refractivity contribution in [1.82, 2.24) is 4.90 Å². The number of likely N-dealkylation sites (N-methyl/N-ethyl adjacent to an activating group) is 1. The highest BCUT2D eigenvalue weighted by molar-refractivity contribution is 6.31. The average molecular weight is 196 g/mol. The highest BCUT2D eigenvalue weighted by atomic mass is 35.5. The van der Waals surface area contributed by atoms with Crippen molar-refractivity contribution in [2.24, 2.45) is 0 Å². The number of fused-ring (bicyclic) bond motifs is 1. The van der Waals surface area contributed by atoms with Crippen LogP contribution in [0.25, 0.3) is 0 Å². The highest BCUT2D eigenvalue weighted by Crippen LogP contribution is 2.27. The van der Waals surface area contributed by atoms with E-state index in [0.717, 1.165) is 24.5 Å². The van der Waals surface area contributed by atoms with E-state index in [9.17, 15) is 0 Å². The number of halogens is 1. The lowest BCUT2D eigenvalue weighted by molar-refractivity contribution is 0.312. The van der Waals surface area contributed by atoms with Gasteiger partial charge in [-0.3, -0.25) is 0 Å². The number of nitrogens with zero attached hydrogens (tertiary/aromatic N) is 1. The summed E-state index contributed by atoms with van der Waals surface area (Å²) < 4.78 is 0. The largest absolute Gasteiger partial charge is 0.302 e. The standard InChI is InChI=1S/C11H14ClN/c1-8-3-4-11(12)10-7-13(2)6-5-9(8)10/h3-4H,5-7H2,1-2H3. The van der Waals surface area contributed by atoms with Crippen LogP contribution in [0.4, 0.5) is 0 Å². The van der Waals surface area contributed by atoms with Crippen LogP contribution in [0.2, 0.25) is 5.02 Å². The van der Waals surface area contributed by atoms with Gasteiger partial charge in [0.15, 0.2) is 0 Å². The van der Waals surface area contributed by atoms with Gasteiger partial charge in [0.2, 0.25) is 0 Å². The predicted molar refractivity (Wildman–Crippen MR) is 56.2 cm³/mol. The quantitative estimate of drug-likeness (QED) is 0.615. The van der Waals surface area contributed by atoms with Crippen molar-refractivity contribution in [3.8, 4) is 0 Å². The first-order valence-corrected chi connectivity index (χ1v) is 5.01. The number of aryl methyl sites for hydroxylation is 1. The van der Waals surface area contributed by atoms with E-state index in [1.165, 1.54) is 16.7 Å². The summed E-state index contributed by atoms with van der Waals surface area (Å²) in [6, 6.07) is 4.13. The lowest BCUT2D eigenvalue weighted by Crippen LogP contribution is -2.27. The SMILES string of the molecule is Cc1ccc(Cl)c2c1CCN(C)C2. The minimum atomic E-state index is 0.923. The Morgan fingerprint density at radius 1 is 1.31 bits per heavy atom. The van der Waals surface area contributed by atoms with Crippen molar-refractivity contribution < 1.29 is 0 Å². The fourth-order valence-corrected chi connectivity index (χ4v) is 2.19. The van der Waals surface area contributed by atoms with Gasteiger partial charge < -0.3 is 4.90 Å². The summed E-state index contributed by atoms with van der Waals surface area (Å²) >= 11 is 6.15. The molecule has 1 aromatic carbocycles. The van der Waals surface area contributed by atoms with Crippen LogP contribution >= 0.6 is 11.6 Å². The van der Waals surface area contributed by atoms with Crippen molar-refractivity contribution in [3.63, 3.8) is 0 Å². The molecule has 1 nitrogen and oxygen atoms in total. The molecule has 0 spiro atoms. The van der Waals surface area contributed by atoms with Crippen molar-refractivity contribution >= 4 is 11.6 Å². The second-order valence-corrected chi connectivity index (χ2v) is 4.22. The molecule has 0 aliphatic carbocycles. The van der Waals surface area contributed by atoms with Gasteiger partial charge in [0.05, 0.1) is 0 Å². The lowest BCUT2D eigenvalue weighted by atomic mass is 9.95. The summed E-state index contributed by atoms with van der Waals surface area (Å²) in [4.78, 5) is 2.31. The molecule has 1 aromatic rings. The number of benzene rings is 1. The summed E-state index contributed by atoms with van der Waals surface area (Å²) in [5, 5.41) is 0.923. The molecule has 0 fully saturated rings. The number of hydrogen-bond acceptors (Lipinski definition) is 1. The second-order valence-electron chi connectivity index (χ2n) is 3.81. The van der Waals surface area contributed by atoms with Gasteiger partial charge in [-0.05, 0) is 43.1 Å². The third kappa shape index (κ3) is 1.59. The van der Waals surface area contributed by atoms with Gasteiger partial charge in [0, 0.05) is 18.1 Å². The molecule has 1 aliphatic rings. The third-order valence-electron chi connectivity index (χ3n) is 2.78. The Balaban J connectivity index is 2.51. The number of hydrogen-bond donors (Lipinski definition) is 0. The van der Waals surface area contributed by atoms with E-state index in [1.54, 1.807) is 0 Å². The fourth-order valence-electron chi connectivity index (χ4n) is 1.95. The molecule has 0 saturated heterocycles. The summed E-state index contributed by atoms with van der Waals surface area (Å²) in [5.74, 6) is 0. The maximum atomic E-state index is 6.15. The maximum absolute atomic E-state index is 6.15. The topological polar surface area (TPSA) is 3.24 Å². The Hall–Kier alpha value is -0.530. The van der Waals surface area contributed by atoms with Crippen LogP contribution in [0, 0.1) is 6.92 Å². The van der Waals surface area contributed by atoms with Gasteiger partial charge in [-0.1, -0.05) is 17.7 Å². The molecular weight excluding hydrogens is 182 g/mol. The van der Waals surface area contributed by atoms with Gasteiger partial charge >= 0.3 is 0 Å². The Labute approximate surface area is 84.3 Å². The zero-order valence-electron chi connectivity index (χ0n) is 8.10. The van der Waals surface area contributed by atoms with Gasteiger partial charge in [0.1, 0.15) is 0 Å². The van der Waals surface area contributed by atoms with E-state index in [1.807, 2.05) is 6.07 Å². The Bertz CT molecular complexity index is 333. The molecule has 0 radical (unpaired) electrons. The Kier molecular flexibility index (Phi) is 2.31. The molecule has 0 saturated carbocycles. The van der Waals surface area contributed by atoms with E-state index in [0.29, 0.717) is 0 Å². The minimum Gasteiger partial charge on any atom is -0.302 e. The smallest absolute Gasteiger partial charge is 0.0453 e. The molecular formula is C11H14ClN. The predicted octanol–water partition coefficient (Wildman–Crippen LogP) is 2.64. The van der Waals surface area contributed by atoms with E-state index >= 15 is 0 Å². The summed E-state index contributed by atoms with van der Waals surface area (Å²) in [7, 11) is 2.14. The fraction of sp³-hybridized carbons (Fsp3) is 0.455. The average Bonchev–Trinajstić information content (AvgIpc) is 2.12. The Morgan fingerprint density at radius 3 is 2.85 bits per heavy atom. The monoisotopic (exact) mass is 195 g/mol. The van der Waals surface area contributed by atoms with E-state index in [4.69, 9.17) is 11.6 Å². The highest BCUT2D eigenvalue weighted by Gasteiger charge is 2.16. The van der Waals surface area contributed by atoms with Crippen molar-refractivity contribution in [2.75, 3.05) is 13.6 Å². The summed E-state index contributed by atoms with van der Waals surface area (Å²) in [6.45, 7) is 4.31. The van der Waals surface area contributed by atoms with Gasteiger partial charge in [-0.15, -0.1) is 0 Å². The molecule has 0 bridgehead atoms.